The molecule has 4 aromatic rings. The summed E-state index contributed by atoms with van der Waals surface area (Å²) in [6.07, 6.45) is 2.41. The summed E-state index contributed by atoms with van der Waals surface area (Å²) >= 11 is 6.03. The summed E-state index contributed by atoms with van der Waals surface area (Å²) < 4.78 is 13.3. The molecule has 0 atom stereocenters. The molecule has 0 saturated carbocycles. The molecule has 0 radical (unpaired) electrons. The Labute approximate surface area is 177 Å². The second-order valence-electron chi connectivity index (χ2n) is 6.80. The monoisotopic (exact) mass is 419 g/mol. The molecule has 0 saturated heterocycles. The van der Waals surface area contributed by atoms with Crippen LogP contribution in [0, 0.1) is 5.82 Å². The maximum Gasteiger partial charge on any atom is 0.360 e. The van der Waals surface area contributed by atoms with Crippen molar-refractivity contribution in [3.8, 4) is 0 Å². The van der Waals surface area contributed by atoms with E-state index in [1.165, 1.54) is 12.1 Å². The fourth-order valence-corrected chi connectivity index (χ4v) is 3.34. The van der Waals surface area contributed by atoms with Crippen molar-refractivity contribution < 1.29 is 9.18 Å². The Morgan fingerprint density at radius 2 is 1.87 bits per heavy atom. The molecular weight excluding hydrogens is 403 g/mol. The van der Waals surface area contributed by atoms with Crippen LogP contribution in [0.3, 0.4) is 0 Å². The number of aromatic amines is 1. The lowest BCUT2D eigenvalue weighted by molar-refractivity contribution is 0.0992. The molecule has 0 aliphatic rings. The van der Waals surface area contributed by atoms with Crippen LogP contribution < -0.4 is 4.91 Å². The van der Waals surface area contributed by atoms with Crippen molar-refractivity contribution in [2.45, 2.75) is 13.0 Å². The van der Waals surface area contributed by atoms with Gasteiger partial charge < -0.3 is 4.98 Å². The molecule has 4 rings (SSSR count). The maximum atomic E-state index is 13.3. The third kappa shape index (κ3) is 4.69. The van der Waals surface area contributed by atoms with Crippen molar-refractivity contribution in [1.82, 2.24) is 9.90 Å². The number of hydrogen-bond donors (Lipinski definition) is 1. The zero-order chi connectivity index (χ0) is 20.9. The highest BCUT2D eigenvalue weighted by atomic mass is 35.5. The Hall–Kier alpha value is -3.60. The predicted octanol–water partition coefficient (Wildman–Crippen LogP) is 5.86. The molecule has 1 heterocycles. The van der Waals surface area contributed by atoms with Gasteiger partial charge in [-0.15, -0.1) is 0 Å². The van der Waals surface area contributed by atoms with E-state index in [4.69, 9.17) is 11.6 Å². The number of nitrogens with one attached hydrogen (secondary N) is 1. The first-order valence-corrected chi connectivity index (χ1v) is 9.67. The first kappa shape index (κ1) is 19.7. The van der Waals surface area contributed by atoms with Crippen LogP contribution in [0.25, 0.3) is 10.9 Å². The number of carbonyl (C=O) groups excluding carboxylic acids is 1. The van der Waals surface area contributed by atoms with Gasteiger partial charge in [-0.2, -0.15) is 0 Å². The molecule has 0 aliphatic carbocycles. The number of hydrogen-bond acceptors (Lipinski definition) is 2. The molecule has 1 N–H and O–H groups in total. The Morgan fingerprint density at radius 3 is 2.67 bits per heavy atom. The normalized spacial score (nSPS) is 10.6. The van der Waals surface area contributed by atoms with Crippen LogP contribution in [0.5, 0.6) is 0 Å². The molecule has 3 aromatic carbocycles. The van der Waals surface area contributed by atoms with E-state index in [-0.39, 0.29) is 12.4 Å². The zero-order valence-electron chi connectivity index (χ0n) is 15.8. The van der Waals surface area contributed by atoms with Gasteiger partial charge in [0.1, 0.15) is 10.9 Å². The molecule has 7 heteroatoms. The molecule has 0 spiro atoms. The van der Waals surface area contributed by atoms with E-state index >= 15 is 0 Å². The van der Waals surface area contributed by atoms with Crippen LogP contribution >= 0.6 is 11.6 Å². The van der Waals surface area contributed by atoms with Gasteiger partial charge in [-0.05, 0) is 60.0 Å². The van der Waals surface area contributed by atoms with Crippen LogP contribution in [-0.4, -0.2) is 10.9 Å². The van der Waals surface area contributed by atoms with E-state index in [1.807, 2.05) is 42.6 Å². The number of benzene rings is 3. The molecule has 0 fully saturated rings. The topological polar surface area (TPSA) is 71.7 Å². The van der Waals surface area contributed by atoms with Gasteiger partial charge in [0.25, 0.3) is 0 Å². The zero-order valence-corrected chi connectivity index (χ0v) is 16.6. The molecule has 0 bridgehead atoms. The second-order valence-corrected chi connectivity index (χ2v) is 7.24. The van der Waals surface area contributed by atoms with Crippen molar-refractivity contribution in [3.63, 3.8) is 0 Å². The van der Waals surface area contributed by atoms with Gasteiger partial charge in [-0.3, -0.25) is 4.79 Å². The number of nitrogens with zero attached hydrogens (tertiary/aromatic N) is 3. The smallest absolute Gasteiger partial charge is 0.360 e. The van der Waals surface area contributed by atoms with E-state index in [1.54, 1.807) is 18.2 Å². The Kier molecular flexibility index (Phi) is 5.80. The van der Waals surface area contributed by atoms with Crippen LogP contribution in [0.1, 0.15) is 27.0 Å². The summed E-state index contributed by atoms with van der Waals surface area (Å²) in [5, 5.41) is 9.23. The molecule has 5 nitrogen and oxygen atoms in total. The summed E-state index contributed by atoms with van der Waals surface area (Å²) in [4.78, 5) is 19.0. The standard InChI is InChI=1S/C23H16ClFN4O/c24-19-8-9-22-21(12-19)18(13-26-22)14-27-29-28-23(30)17-6-4-15(5-7-17)10-16-2-1-3-20(25)11-16/h1-9,11-13H,10,14H2/p+1. The molecule has 30 heavy (non-hydrogen) atoms. The second kappa shape index (κ2) is 8.82. The van der Waals surface area contributed by atoms with Gasteiger partial charge in [0.05, 0.1) is 0 Å². The molecular formula is C23H17ClFN4O+. The number of halogens is 2. The van der Waals surface area contributed by atoms with E-state index in [0.717, 1.165) is 27.6 Å². The summed E-state index contributed by atoms with van der Waals surface area (Å²) in [7, 11) is 0. The fourth-order valence-electron chi connectivity index (χ4n) is 3.17. The predicted molar refractivity (Wildman–Crippen MR) is 114 cm³/mol. The van der Waals surface area contributed by atoms with E-state index in [2.05, 4.69) is 20.1 Å². The summed E-state index contributed by atoms with van der Waals surface area (Å²) in [6, 6.07) is 19.0. The number of fused-ring (bicyclic) bond motifs is 1. The number of rotatable bonds is 5. The lowest BCUT2D eigenvalue weighted by Crippen LogP contribution is -1.96. The quantitative estimate of drug-likeness (QED) is 0.319. The summed E-state index contributed by atoms with van der Waals surface area (Å²) in [6.45, 7) is 0.281. The van der Waals surface area contributed by atoms with Crippen LogP contribution in [0.2, 0.25) is 5.02 Å². The highest BCUT2D eigenvalue weighted by molar-refractivity contribution is 6.31. The third-order valence-corrected chi connectivity index (χ3v) is 4.90. The van der Waals surface area contributed by atoms with Gasteiger partial charge in [0.15, 0.2) is 6.54 Å². The minimum Gasteiger partial charge on any atom is -0.361 e. The fraction of sp³-hybridized carbons (Fsp3) is 0.0870. The highest BCUT2D eigenvalue weighted by Crippen LogP contribution is 2.22. The number of aromatic nitrogens is 1. The first-order valence-electron chi connectivity index (χ1n) is 9.29. The van der Waals surface area contributed by atoms with Gasteiger partial charge in [-0.1, -0.05) is 35.9 Å². The van der Waals surface area contributed by atoms with Crippen LogP contribution in [-0.2, 0) is 13.0 Å². The Balaban J connectivity index is 1.40. The average molecular weight is 420 g/mol. The minimum absolute atomic E-state index is 0.265. The Bertz CT molecular complexity index is 1270. The highest BCUT2D eigenvalue weighted by Gasteiger charge is 2.10. The first-order chi connectivity index (χ1) is 14.6. The van der Waals surface area contributed by atoms with Crippen molar-refractivity contribution in [3.05, 3.63) is 106 Å². The molecule has 0 unspecified atom stereocenters. The van der Waals surface area contributed by atoms with Crippen molar-refractivity contribution >= 4 is 28.4 Å². The van der Waals surface area contributed by atoms with Crippen LogP contribution in [0.15, 0.2) is 83.2 Å². The SMILES string of the molecule is O=C(N=[N+]=NCc1c[nH]c2ccc(Cl)cc12)c1ccc(Cc2cccc(F)c2)cc1. The minimum atomic E-state index is -0.474. The van der Waals surface area contributed by atoms with Gasteiger partial charge in [0, 0.05) is 33.2 Å². The van der Waals surface area contributed by atoms with E-state index < -0.39 is 5.91 Å². The number of amides is 1. The van der Waals surface area contributed by atoms with Crippen LogP contribution in [0.4, 0.5) is 4.39 Å². The van der Waals surface area contributed by atoms with Gasteiger partial charge >= 0.3 is 5.91 Å². The molecule has 148 valence electrons. The van der Waals surface area contributed by atoms with Crippen molar-refractivity contribution in [2.75, 3.05) is 0 Å². The van der Waals surface area contributed by atoms with Crippen molar-refractivity contribution in [2.24, 2.45) is 10.2 Å². The van der Waals surface area contributed by atoms with Gasteiger partial charge in [-0.25, -0.2) is 4.39 Å². The van der Waals surface area contributed by atoms with Gasteiger partial charge in [0.2, 0.25) is 10.0 Å². The van der Waals surface area contributed by atoms with E-state index in [0.29, 0.717) is 17.0 Å². The van der Waals surface area contributed by atoms with Crippen molar-refractivity contribution in [1.29, 1.82) is 0 Å². The third-order valence-electron chi connectivity index (χ3n) is 4.67. The lowest BCUT2D eigenvalue weighted by Gasteiger charge is -2.02. The molecule has 1 amide bonds. The lowest BCUT2D eigenvalue weighted by atomic mass is 10.0. The average Bonchev–Trinajstić information content (AvgIpc) is 3.13. The summed E-state index contributed by atoms with van der Waals surface area (Å²) in [5.41, 5.74) is 4.12. The number of carbonyl (C=O) groups is 1. The molecule has 1 aromatic heterocycles. The number of H-pyrrole nitrogens is 1. The summed E-state index contributed by atoms with van der Waals surface area (Å²) in [5.74, 6) is -0.739. The molecule has 0 aliphatic heterocycles. The van der Waals surface area contributed by atoms with E-state index in [9.17, 15) is 9.18 Å². The Morgan fingerprint density at radius 1 is 1.03 bits per heavy atom. The largest absolute Gasteiger partial charge is 0.361 e. The maximum absolute atomic E-state index is 13.3.